The molecule has 1 N–H and O–H groups in total. The molecule has 0 bridgehead atoms. The molecule has 1 aromatic heterocycles. The van der Waals surface area contributed by atoms with Gasteiger partial charge in [0.15, 0.2) is 5.78 Å². The Labute approximate surface area is 115 Å². The first-order valence-corrected chi connectivity index (χ1v) is 6.21. The molecule has 0 atom stereocenters. The summed E-state index contributed by atoms with van der Waals surface area (Å²) in [7, 11) is 0. The van der Waals surface area contributed by atoms with E-state index in [-0.39, 0.29) is 16.6 Å². The lowest BCUT2D eigenvalue weighted by Gasteiger charge is -1.97. The topological polar surface area (TPSA) is 55.1 Å². The highest BCUT2D eigenvalue weighted by Crippen LogP contribution is 2.24. The summed E-state index contributed by atoms with van der Waals surface area (Å²) in [4.78, 5) is 11.9. The number of phenolic OH excluding ortho intramolecular Hbond substituents is 1. The minimum Gasteiger partial charge on any atom is -0.506 e. The van der Waals surface area contributed by atoms with Crippen LogP contribution in [0.5, 0.6) is 5.75 Å². The Morgan fingerprint density at radius 2 is 2.32 bits per heavy atom. The molecule has 0 radical (unpaired) electrons. The fraction of sp³-hybridized carbons (Fsp3) is 0.143. The number of allylic oxidation sites excluding steroid dienone is 1. The van der Waals surface area contributed by atoms with Crippen LogP contribution in [0.15, 0.2) is 36.7 Å². The molecule has 0 aliphatic heterocycles. The van der Waals surface area contributed by atoms with E-state index >= 15 is 0 Å². The van der Waals surface area contributed by atoms with Gasteiger partial charge in [-0.25, -0.2) is 0 Å². The third-order valence-corrected chi connectivity index (χ3v) is 2.94. The van der Waals surface area contributed by atoms with E-state index in [1.807, 2.05) is 6.92 Å². The zero-order valence-corrected chi connectivity index (χ0v) is 11.1. The molecule has 2 aromatic rings. The lowest BCUT2D eigenvalue weighted by atomic mass is 10.1. The van der Waals surface area contributed by atoms with Gasteiger partial charge in [-0.15, -0.1) is 0 Å². The van der Waals surface area contributed by atoms with E-state index < -0.39 is 0 Å². The predicted molar refractivity (Wildman–Crippen MR) is 74.4 cm³/mol. The van der Waals surface area contributed by atoms with Crippen LogP contribution in [-0.2, 0) is 6.54 Å². The van der Waals surface area contributed by atoms with Crippen molar-refractivity contribution >= 4 is 23.5 Å². The predicted octanol–water partition coefficient (Wildman–Crippen LogP) is 3.16. The van der Waals surface area contributed by atoms with Crippen molar-refractivity contribution < 1.29 is 9.90 Å². The lowest BCUT2D eigenvalue weighted by Crippen LogP contribution is -1.94. The summed E-state index contributed by atoms with van der Waals surface area (Å²) < 4.78 is 1.69. The van der Waals surface area contributed by atoms with Crippen LogP contribution in [-0.4, -0.2) is 20.7 Å². The first-order valence-electron chi connectivity index (χ1n) is 5.83. The van der Waals surface area contributed by atoms with Gasteiger partial charge in [-0.1, -0.05) is 23.7 Å². The molecule has 0 aliphatic carbocycles. The Hall–Kier alpha value is -2.07. The number of phenols is 1. The maximum Gasteiger partial charge on any atom is 0.189 e. The number of aromatic hydroxyl groups is 1. The highest BCUT2D eigenvalue weighted by atomic mass is 35.5. The Morgan fingerprint density at radius 3 is 2.95 bits per heavy atom. The van der Waals surface area contributed by atoms with Gasteiger partial charge in [0.25, 0.3) is 0 Å². The van der Waals surface area contributed by atoms with Gasteiger partial charge in [-0.05, 0) is 30.7 Å². The Bertz CT molecular complexity index is 632. The minimum absolute atomic E-state index is 0.0226. The van der Waals surface area contributed by atoms with E-state index in [2.05, 4.69) is 5.10 Å². The summed E-state index contributed by atoms with van der Waals surface area (Å²) >= 11 is 5.79. The molecule has 0 fully saturated rings. The molecule has 5 heteroatoms. The van der Waals surface area contributed by atoms with Gasteiger partial charge in [0.1, 0.15) is 5.75 Å². The largest absolute Gasteiger partial charge is 0.506 e. The monoisotopic (exact) mass is 276 g/mol. The molecule has 1 aromatic carbocycles. The van der Waals surface area contributed by atoms with E-state index in [4.69, 9.17) is 11.6 Å². The van der Waals surface area contributed by atoms with Crippen LogP contribution in [0.3, 0.4) is 0 Å². The average molecular weight is 277 g/mol. The molecule has 2 rings (SSSR count). The summed E-state index contributed by atoms with van der Waals surface area (Å²) in [5.41, 5.74) is 1.29. The van der Waals surface area contributed by atoms with Crippen molar-refractivity contribution in [3.63, 3.8) is 0 Å². The van der Waals surface area contributed by atoms with Crippen LogP contribution in [0.25, 0.3) is 6.08 Å². The van der Waals surface area contributed by atoms with Crippen molar-refractivity contribution in [2.45, 2.75) is 13.5 Å². The summed E-state index contributed by atoms with van der Waals surface area (Å²) in [6.45, 7) is 2.68. The summed E-state index contributed by atoms with van der Waals surface area (Å²) in [6, 6.07) is 4.76. The molecular formula is C14H13ClN2O2. The first kappa shape index (κ1) is 13.4. The molecule has 98 valence electrons. The number of carbonyl (C=O) groups excluding carboxylic acids is 1. The number of hydrogen-bond acceptors (Lipinski definition) is 3. The number of rotatable bonds is 4. The minimum atomic E-state index is -0.121. The van der Waals surface area contributed by atoms with Crippen molar-refractivity contribution in [2.24, 2.45) is 0 Å². The van der Waals surface area contributed by atoms with Crippen molar-refractivity contribution in [3.05, 3.63) is 52.8 Å². The van der Waals surface area contributed by atoms with Gasteiger partial charge in [0.05, 0.1) is 16.8 Å². The van der Waals surface area contributed by atoms with Crippen LogP contribution in [0.2, 0.25) is 5.02 Å². The van der Waals surface area contributed by atoms with Gasteiger partial charge >= 0.3 is 0 Å². The van der Waals surface area contributed by atoms with Gasteiger partial charge < -0.3 is 5.11 Å². The highest BCUT2D eigenvalue weighted by Gasteiger charge is 2.04. The zero-order chi connectivity index (χ0) is 13.8. The third kappa shape index (κ3) is 3.23. The van der Waals surface area contributed by atoms with Crippen molar-refractivity contribution in [2.75, 3.05) is 0 Å². The average Bonchev–Trinajstić information content (AvgIpc) is 2.88. The molecule has 0 saturated carbocycles. The fourth-order valence-electron chi connectivity index (χ4n) is 1.56. The number of aromatic nitrogens is 2. The van der Waals surface area contributed by atoms with Gasteiger partial charge in [-0.2, -0.15) is 5.10 Å². The molecule has 0 aliphatic rings. The van der Waals surface area contributed by atoms with E-state index in [0.717, 1.165) is 12.1 Å². The van der Waals surface area contributed by atoms with Gasteiger partial charge in [0.2, 0.25) is 0 Å². The molecule has 0 spiro atoms. The summed E-state index contributed by atoms with van der Waals surface area (Å²) in [6.07, 6.45) is 6.35. The van der Waals surface area contributed by atoms with Gasteiger partial charge in [-0.3, -0.25) is 9.48 Å². The number of benzene rings is 1. The normalized spacial score (nSPS) is 11.1. The van der Waals surface area contributed by atoms with E-state index in [9.17, 15) is 9.90 Å². The van der Waals surface area contributed by atoms with Crippen LogP contribution in [0.1, 0.15) is 22.8 Å². The first-order chi connectivity index (χ1) is 9.10. The molecule has 19 heavy (non-hydrogen) atoms. The van der Waals surface area contributed by atoms with Crippen LogP contribution in [0.4, 0.5) is 0 Å². The number of hydrogen-bond donors (Lipinski definition) is 1. The SMILES string of the molecule is CCn1cc(C(=O)/C=C/c2ccc(O)c(Cl)c2)cn1. The second-order valence-electron chi connectivity index (χ2n) is 3.99. The molecule has 0 unspecified atom stereocenters. The third-order valence-electron chi connectivity index (χ3n) is 2.64. The van der Waals surface area contributed by atoms with Crippen molar-refractivity contribution in [1.82, 2.24) is 9.78 Å². The van der Waals surface area contributed by atoms with E-state index in [1.165, 1.54) is 12.1 Å². The van der Waals surface area contributed by atoms with Gasteiger partial charge in [0, 0.05) is 12.7 Å². The molecular weight excluding hydrogens is 264 g/mol. The Balaban J connectivity index is 2.13. The van der Waals surface area contributed by atoms with E-state index in [1.54, 1.807) is 35.3 Å². The molecule has 0 amide bonds. The van der Waals surface area contributed by atoms with Crippen LogP contribution in [0, 0.1) is 0 Å². The Kier molecular flexibility index (Phi) is 4.02. The quantitative estimate of drug-likeness (QED) is 0.689. The number of halogens is 1. The lowest BCUT2D eigenvalue weighted by molar-refractivity contribution is 0.104. The van der Waals surface area contributed by atoms with Crippen molar-refractivity contribution in [3.8, 4) is 5.75 Å². The van der Waals surface area contributed by atoms with Crippen LogP contribution < -0.4 is 0 Å². The second-order valence-corrected chi connectivity index (χ2v) is 4.40. The highest BCUT2D eigenvalue weighted by molar-refractivity contribution is 6.32. The molecule has 1 heterocycles. The second kappa shape index (κ2) is 5.71. The maximum atomic E-state index is 11.9. The number of nitrogens with zero attached hydrogens (tertiary/aromatic N) is 2. The van der Waals surface area contributed by atoms with E-state index in [0.29, 0.717) is 5.56 Å². The standard InChI is InChI=1S/C14H13ClN2O2/c1-2-17-9-11(8-16-17)13(18)5-3-10-4-6-14(19)12(15)7-10/h3-9,19H,2H2,1H3/b5-3+. The smallest absolute Gasteiger partial charge is 0.189 e. The Morgan fingerprint density at radius 1 is 1.53 bits per heavy atom. The fourth-order valence-corrected chi connectivity index (χ4v) is 1.75. The maximum absolute atomic E-state index is 11.9. The number of aryl methyl sites for hydroxylation is 1. The summed E-state index contributed by atoms with van der Waals surface area (Å²) in [5, 5.41) is 13.6. The number of ketones is 1. The number of carbonyl (C=O) groups is 1. The zero-order valence-electron chi connectivity index (χ0n) is 10.4. The van der Waals surface area contributed by atoms with Crippen molar-refractivity contribution in [1.29, 1.82) is 0 Å². The van der Waals surface area contributed by atoms with Crippen LogP contribution >= 0.6 is 11.6 Å². The molecule has 4 nitrogen and oxygen atoms in total. The molecule has 0 saturated heterocycles. The summed E-state index contributed by atoms with van der Waals surface area (Å²) in [5.74, 6) is -0.0988.